The maximum absolute atomic E-state index is 11.3. The Balaban J connectivity index is 1.77. The van der Waals surface area contributed by atoms with Gasteiger partial charge in [-0.25, -0.2) is 4.98 Å². The summed E-state index contributed by atoms with van der Waals surface area (Å²) in [5.41, 5.74) is 4.10. The van der Waals surface area contributed by atoms with Gasteiger partial charge in [-0.05, 0) is 12.5 Å². The van der Waals surface area contributed by atoms with Crippen molar-refractivity contribution in [1.29, 1.82) is 0 Å². The molecule has 0 unspecified atom stereocenters. The molecule has 0 spiro atoms. The number of ketones is 1. The van der Waals surface area contributed by atoms with Gasteiger partial charge in [0.2, 0.25) is 0 Å². The summed E-state index contributed by atoms with van der Waals surface area (Å²) in [6.45, 7) is 1.59. The highest BCUT2D eigenvalue weighted by atomic mass is 32.1. The van der Waals surface area contributed by atoms with Gasteiger partial charge in [-0.1, -0.05) is 54.6 Å². The predicted octanol–water partition coefficient (Wildman–Crippen LogP) is 4.60. The lowest BCUT2D eigenvalue weighted by atomic mass is 10.1. The average molecular weight is 293 g/mol. The molecule has 0 saturated heterocycles. The van der Waals surface area contributed by atoms with Crippen molar-refractivity contribution in [1.82, 2.24) is 4.98 Å². The molecule has 0 aliphatic carbocycles. The fraction of sp³-hybridized carbons (Fsp3) is 0.111. The van der Waals surface area contributed by atoms with Gasteiger partial charge < -0.3 is 0 Å². The molecule has 0 radical (unpaired) electrons. The zero-order valence-electron chi connectivity index (χ0n) is 11.7. The molecule has 3 aromatic rings. The van der Waals surface area contributed by atoms with Crippen LogP contribution in [-0.4, -0.2) is 10.8 Å². The molecular weight excluding hydrogens is 278 g/mol. The van der Waals surface area contributed by atoms with E-state index in [9.17, 15) is 4.79 Å². The van der Waals surface area contributed by atoms with Gasteiger partial charge in [-0.2, -0.15) is 0 Å². The van der Waals surface area contributed by atoms with Crippen LogP contribution in [0.15, 0.2) is 60.0 Å². The summed E-state index contributed by atoms with van der Waals surface area (Å²) in [5.74, 6) is 0.0992. The molecule has 0 fully saturated rings. The van der Waals surface area contributed by atoms with Crippen molar-refractivity contribution in [2.75, 3.05) is 0 Å². The second-order valence-electron chi connectivity index (χ2n) is 4.92. The van der Waals surface area contributed by atoms with Gasteiger partial charge >= 0.3 is 0 Å². The van der Waals surface area contributed by atoms with Gasteiger partial charge in [-0.3, -0.25) is 4.79 Å². The first-order valence-corrected chi connectivity index (χ1v) is 7.70. The largest absolute Gasteiger partial charge is 0.295 e. The maximum atomic E-state index is 11.3. The van der Waals surface area contributed by atoms with Crippen LogP contribution >= 0.6 is 11.3 Å². The van der Waals surface area contributed by atoms with E-state index in [-0.39, 0.29) is 5.78 Å². The molecule has 104 valence electrons. The van der Waals surface area contributed by atoms with Crippen LogP contribution in [0.5, 0.6) is 0 Å². The molecule has 0 aliphatic rings. The molecule has 3 heteroatoms. The minimum atomic E-state index is 0.0992. The first-order chi connectivity index (χ1) is 10.2. The Kier molecular flexibility index (Phi) is 3.93. The Morgan fingerprint density at radius 2 is 1.76 bits per heavy atom. The van der Waals surface area contributed by atoms with Crippen LogP contribution in [0, 0.1) is 0 Å². The molecule has 0 atom stereocenters. The quantitative estimate of drug-likeness (QED) is 0.658. The van der Waals surface area contributed by atoms with Crippen LogP contribution in [0.1, 0.15) is 27.9 Å². The van der Waals surface area contributed by atoms with Crippen molar-refractivity contribution < 1.29 is 4.79 Å². The molecular formula is C18H15NOS. The molecule has 1 heterocycles. The van der Waals surface area contributed by atoms with Gasteiger partial charge in [0.15, 0.2) is 5.78 Å². The highest BCUT2D eigenvalue weighted by Crippen LogP contribution is 2.23. The van der Waals surface area contributed by atoms with Crippen molar-refractivity contribution >= 4 is 17.1 Å². The van der Waals surface area contributed by atoms with Crippen molar-refractivity contribution in [2.45, 2.75) is 13.3 Å². The first-order valence-electron chi connectivity index (χ1n) is 6.82. The standard InChI is InChI=1S/C18H15NOS/c1-13(20)15-9-7-14(8-10-15)11-18-19-17(12-21-18)16-5-3-2-4-6-16/h2-10,12H,11H2,1H3. The highest BCUT2D eigenvalue weighted by molar-refractivity contribution is 7.10. The molecule has 0 aliphatic heterocycles. The lowest BCUT2D eigenvalue weighted by Crippen LogP contribution is -1.93. The van der Waals surface area contributed by atoms with Gasteiger partial charge in [0.05, 0.1) is 10.7 Å². The smallest absolute Gasteiger partial charge is 0.159 e. The summed E-state index contributed by atoms with van der Waals surface area (Å²) in [6, 6.07) is 17.9. The lowest BCUT2D eigenvalue weighted by Gasteiger charge is -2.00. The zero-order chi connectivity index (χ0) is 14.7. The van der Waals surface area contributed by atoms with E-state index in [2.05, 4.69) is 22.5 Å². The normalized spacial score (nSPS) is 10.5. The summed E-state index contributed by atoms with van der Waals surface area (Å²) in [4.78, 5) is 15.9. The predicted molar refractivity (Wildman–Crippen MR) is 86.8 cm³/mol. The molecule has 2 aromatic carbocycles. The molecule has 0 N–H and O–H groups in total. The summed E-state index contributed by atoms with van der Waals surface area (Å²) >= 11 is 1.67. The molecule has 0 amide bonds. The molecule has 2 nitrogen and oxygen atoms in total. The van der Waals surface area contributed by atoms with Crippen molar-refractivity contribution in [3.8, 4) is 11.3 Å². The zero-order valence-corrected chi connectivity index (χ0v) is 12.6. The third kappa shape index (κ3) is 3.26. The minimum Gasteiger partial charge on any atom is -0.295 e. The summed E-state index contributed by atoms with van der Waals surface area (Å²) in [7, 11) is 0. The van der Waals surface area contributed by atoms with E-state index in [1.165, 1.54) is 5.56 Å². The number of thiazole rings is 1. The van der Waals surface area contributed by atoms with E-state index in [0.29, 0.717) is 0 Å². The Bertz CT molecular complexity index is 744. The van der Waals surface area contributed by atoms with Gasteiger partial charge in [0.1, 0.15) is 0 Å². The second kappa shape index (κ2) is 6.02. The number of hydrogen-bond acceptors (Lipinski definition) is 3. The summed E-state index contributed by atoms with van der Waals surface area (Å²) in [6.07, 6.45) is 0.801. The monoisotopic (exact) mass is 293 g/mol. The van der Waals surface area contributed by atoms with Crippen LogP contribution in [0.4, 0.5) is 0 Å². The molecule has 3 rings (SSSR count). The van der Waals surface area contributed by atoms with E-state index in [4.69, 9.17) is 0 Å². The fourth-order valence-electron chi connectivity index (χ4n) is 2.17. The molecule has 1 aromatic heterocycles. The lowest BCUT2D eigenvalue weighted by molar-refractivity contribution is 0.101. The van der Waals surface area contributed by atoms with Crippen molar-refractivity contribution in [3.63, 3.8) is 0 Å². The number of nitrogens with zero attached hydrogens (tertiary/aromatic N) is 1. The fourth-order valence-corrected chi connectivity index (χ4v) is 3.00. The van der Waals surface area contributed by atoms with Crippen LogP contribution < -0.4 is 0 Å². The van der Waals surface area contributed by atoms with E-state index < -0.39 is 0 Å². The molecule has 0 bridgehead atoms. The van der Waals surface area contributed by atoms with Crippen molar-refractivity contribution in [3.05, 3.63) is 76.1 Å². The number of Topliss-reactive ketones (excluding diaryl/α,β-unsaturated/α-hetero) is 1. The molecule has 0 saturated carbocycles. The minimum absolute atomic E-state index is 0.0992. The van der Waals surface area contributed by atoms with Crippen molar-refractivity contribution in [2.24, 2.45) is 0 Å². The Labute approximate surface area is 128 Å². The van der Waals surface area contributed by atoms with E-state index >= 15 is 0 Å². The van der Waals surface area contributed by atoms with E-state index in [1.54, 1.807) is 18.3 Å². The summed E-state index contributed by atoms with van der Waals surface area (Å²) < 4.78 is 0. The number of benzene rings is 2. The maximum Gasteiger partial charge on any atom is 0.159 e. The first kappa shape index (κ1) is 13.7. The summed E-state index contributed by atoms with van der Waals surface area (Å²) in [5, 5.41) is 3.18. The van der Waals surface area contributed by atoms with Gasteiger partial charge in [-0.15, -0.1) is 11.3 Å². The number of carbonyl (C=O) groups excluding carboxylic acids is 1. The average Bonchev–Trinajstić information content (AvgIpc) is 2.97. The molecule has 21 heavy (non-hydrogen) atoms. The van der Waals surface area contributed by atoms with Crippen LogP contribution in [0.2, 0.25) is 0 Å². The van der Waals surface area contributed by atoms with E-state index in [0.717, 1.165) is 28.2 Å². The van der Waals surface area contributed by atoms with Crippen LogP contribution in [0.25, 0.3) is 11.3 Å². The third-order valence-electron chi connectivity index (χ3n) is 3.34. The van der Waals surface area contributed by atoms with Crippen LogP contribution in [-0.2, 0) is 6.42 Å². The Morgan fingerprint density at radius 3 is 2.43 bits per heavy atom. The number of rotatable bonds is 4. The van der Waals surface area contributed by atoms with E-state index in [1.807, 2.05) is 42.5 Å². The number of carbonyl (C=O) groups is 1. The topological polar surface area (TPSA) is 30.0 Å². The number of aromatic nitrogens is 1. The SMILES string of the molecule is CC(=O)c1ccc(Cc2nc(-c3ccccc3)cs2)cc1. The second-order valence-corrected chi connectivity index (χ2v) is 5.87. The van der Waals surface area contributed by atoms with Gasteiger partial charge in [0, 0.05) is 22.9 Å². The highest BCUT2D eigenvalue weighted by Gasteiger charge is 2.06. The van der Waals surface area contributed by atoms with Gasteiger partial charge in [0.25, 0.3) is 0 Å². The number of hydrogen-bond donors (Lipinski definition) is 0. The Hall–Kier alpha value is -2.26. The van der Waals surface area contributed by atoms with Crippen LogP contribution in [0.3, 0.4) is 0 Å². The third-order valence-corrected chi connectivity index (χ3v) is 4.19. The Morgan fingerprint density at radius 1 is 1.05 bits per heavy atom.